The summed E-state index contributed by atoms with van der Waals surface area (Å²) in [7, 11) is 0. The van der Waals surface area contributed by atoms with Crippen molar-refractivity contribution < 1.29 is 9.53 Å². The lowest BCUT2D eigenvalue weighted by Gasteiger charge is -2.40. The van der Waals surface area contributed by atoms with Crippen molar-refractivity contribution >= 4 is 5.91 Å². The van der Waals surface area contributed by atoms with E-state index in [0.717, 1.165) is 25.9 Å². The van der Waals surface area contributed by atoms with Crippen LogP contribution in [0.4, 0.5) is 0 Å². The minimum Gasteiger partial charge on any atom is -0.378 e. The molecular weight excluding hydrogens is 238 g/mol. The maximum Gasteiger partial charge on any atom is 0.220 e. The fourth-order valence-electron chi connectivity index (χ4n) is 3.63. The Balaban J connectivity index is 1.80. The number of rotatable bonds is 2. The zero-order valence-electron chi connectivity index (χ0n) is 11.4. The summed E-state index contributed by atoms with van der Waals surface area (Å²) >= 11 is 0. The molecule has 2 aliphatic rings. The van der Waals surface area contributed by atoms with Crippen LogP contribution in [0.2, 0.25) is 0 Å². The Kier molecular flexibility index (Phi) is 3.31. The molecule has 3 atom stereocenters. The van der Waals surface area contributed by atoms with E-state index in [4.69, 9.17) is 4.74 Å². The molecule has 0 radical (unpaired) electrons. The normalized spacial score (nSPS) is 34.5. The fraction of sp³-hybridized carbons (Fsp3) is 0.562. The molecule has 1 N–H and O–H groups in total. The molecule has 2 aliphatic heterocycles. The number of hydrogen-bond acceptors (Lipinski definition) is 2. The summed E-state index contributed by atoms with van der Waals surface area (Å²) in [5, 5.41) is 3.19. The number of benzene rings is 1. The van der Waals surface area contributed by atoms with Gasteiger partial charge in [0.15, 0.2) is 0 Å². The van der Waals surface area contributed by atoms with Crippen molar-refractivity contribution in [3.8, 4) is 0 Å². The van der Waals surface area contributed by atoms with Crippen LogP contribution in [-0.4, -0.2) is 24.7 Å². The van der Waals surface area contributed by atoms with Crippen molar-refractivity contribution in [1.29, 1.82) is 0 Å². The summed E-state index contributed by atoms with van der Waals surface area (Å²) in [6.45, 7) is 2.89. The van der Waals surface area contributed by atoms with Crippen molar-refractivity contribution in [2.75, 3.05) is 6.61 Å². The summed E-state index contributed by atoms with van der Waals surface area (Å²) in [5.74, 6) is 0.204. The van der Waals surface area contributed by atoms with E-state index in [0.29, 0.717) is 6.42 Å². The number of hydrogen-bond donors (Lipinski definition) is 1. The largest absolute Gasteiger partial charge is 0.378 e. The van der Waals surface area contributed by atoms with Crippen LogP contribution in [0.3, 0.4) is 0 Å². The first-order valence-electron chi connectivity index (χ1n) is 7.13. The highest BCUT2D eigenvalue weighted by Gasteiger charge is 2.48. The minimum absolute atomic E-state index is 0.102. The molecule has 3 nitrogen and oxygen atoms in total. The van der Waals surface area contributed by atoms with Crippen LogP contribution in [0.15, 0.2) is 30.3 Å². The van der Waals surface area contributed by atoms with Gasteiger partial charge in [0.05, 0.1) is 6.10 Å². The van der Waals surface area contributed by atoms with Gasteiger partial charge >= 0.3 is 0 Å². The van der Waals surface area contributed by atoms with Gasteiger partial charge in [0.1, 0.15) is 0 Å². The Labute approximate surface area is 114 Å². The predicted molar refractivity (Wildman–Crippen MR) is 73.8 cm³/mol. The van der Waals surface area contributed by atoms with Crippen LogP contribution in [0.1, 0.15) is 31.7 Å². The lowest BCUT2D eigenvalue weighted by atomic mass is 9.70. The van der Waals surface area contributed by atoms with Gasteiger partial charge in [-0.25, -0.2) is 0 Å². The van der Waals surface area contributed by atoms with Crippen molar-refractivity contribution in [3.05, 3.63) is 35.9 Å². The smallest absolute Gasteiger partial charge is 0.220 e. The van der Waals surface area contributed by atoms with Gasteiger partial charge in [-0.15, -0.1) is 0 Å². The number of nitrogens with one attached hydrogen (secondary N) is 1. The Morgan fingerprint density at radius 1 is 1.37 bits per heavy atom. The third kappa shape index (κ3) is 2.52. The highest BCUT2D eigenvalue weighted by atomic mass is 16.5. The van der Waals surface area contributed by atoms with E-state index in [1.165, 1.54) is 5.56 Å². The first kappa shape index (κ1) is 12.7. The van der Waals surface area contributed by atoms with E-state index in [9.17, 15) is 4.79 Å². The molecule has 3 unspecified atom stereocenters. The lowest BCUT2D eigenvalue weighted by molar-refractivity contribution is -0.120. The van der Waals surface area contributed by atoms with Crippen LogP contribution >= 0.6 is 0 Å². The van der Waals surface area contributed by atoms with Crippen molar-refractivity contribution in [1.82, 2.24) is 5.32 Å². The van der Waals surface area contributed by atoms with Gasteiger partial charge in [-0.2, -0.15) is 0 Å². The van der Waals surface area contributed by atoms with Gasteiger partial charge in [0.2, 0.25) is 5.91 Å². The van der Waals surface area contributed by atoms with E-state index in [2.05, 4.69) is 36.5 Å². The summed E-state index contributed by atoms with van der Waals surface area (Å²) in [4.78, 5) is 11.9. The second kappa shape index (κ2) is 4.97. The van der Waals surface area contributed by atoms with E-state index < -0.39 is 0 Å². The standard InChI is InChI=1S/C16H21NO2/c1-12-10-16(7-8-19-12)11-15(18)17-14(16)9-13-5-3-2-4-6-13/h2-6,12,14H,7-11H2,1H3,(H,17,18). The zero-order chi connectivity index (χ0) is 13.3. The van der Waals surface area contributed by atoms with Gasteiger partial charge in [0.25, 0.3) is 0 Å². The monoisotopic (exact) mass is 259 g/mol. The Hall–Kier alpha value is -1.35. The molecule has 3 heteroatoms. The number of amides is 1. The van der Waals surface area contributed by atoms with Crippen molar-refractivity contribution in [2.45, 2.75) is 44.8 Å². The first-order chi connectivity index (χ1) is 9.18. The average Bonchev–Trinajstić information content (AvgIpc) is 2.66. The maximum absolute atomic E-state index is 11.9. The summed E-state index contributed by atoms with van der Waals surface area (Å²) in [6, 6.07) is 10.7. The molecule has 1 aromatic carbocycles. The summed E-state index contributed by atoms with van der Waals surface area (Å²) < 4.78 is 5.66. The molecule has 2 fully saturated rings. The van der Waals surface area contributed by atoms with Crippen LogP contribution < -0.4 is 5.32 Å². The zero-order valence-corrected chi connectivity index (χ0v) is 11.4. The molecule has 1 aromatic rings. The van der Waals surface area contributed by atoms with Gasteiger partial charge in [-0.05, 0) is 31.7 Å². The molecule has 19 heavy (non-hydrogen) atoms. The van der Waals surface area contributed by atoms with Crippen molar-refractivity contribution in [3.63, 3.8) is 0 Å². The molecule has 102 valence electrons. The molecular formula is C16H21NO2. The molecule has 1 amide bonds. The number of ether oxygens (including phenoxy) is 1. The van der Waals surface area contributed by atoms with E-state index in [1.807, 2.05) is 6.07 Å². The average molecular weight is 259 g/mol. The molecule has 2 saturated heterocycles. The second-order valence-corrected chi connectivity index (χ2v) is 5.98. The molecule has 0 aliphatic carbocycles. The lowest BCUT2D eigenvalue weighted by Crippen LogP contribution is -2.44. The maximum atomic E-state index is 11.9. The highest BCUT2D eigenvalue weighted by molar-refractivity contribution is 5.80. The number of carbonyl (C=O) groups excluding carboxylic acids is 1. The topological polar surface area (TPSA) is 38.3 Å². The van der Waals surface area contributed by atoms with Crippen LogP contribution in [0, 0.1) is 5.41 Å². The third-order valence-electron chi connectivity index (χ3n) is 4.57. The van der Waals surface area contributed by atoms with Crippen molar-refractivity contribution in [2.24, 2.45) is 5.41 Å². The van der Waals surface area contributed by atoms with Crippen LogP contribution in [-0.2, 0) is 16.0 Å². The molecule has 0 aromatic heterocycles. The molecule has 0 saturated carbocycles. The minimum atomic E-state index is 0.102. The summed E-state index contributed by atoms with van der Waals surface area (Å²) in [6.07, 6.45) is 3.84. The molecule has 2 heterocycles. The van der Waals surface area contributed by atoms with Gasteiger partial charge in [-0.3, -0.25) is 4.79 Å². The molecule has 0 bridgehead atoms. The van der Waals surface area contributed by atoms with E-state index >= 15 is 0 Å². The predicted octanol–water partition coefficient (Wildman–Crippen LogP) is 2.30. The number of carbonyl (C=O) groups is 1. The first-order valence-corrected chi connectivity index (χ1v) is 7.13. The quantitative estimate of drug-likeness (QED) is 0.885. The summed E-state index contributed by atoms with van der Waals surface area (Å²) in [5.41, 5.74) is 1.40. The van der Waals surface area contributed by atoms with Gasteiger partial charge in [-0.1, -0.05) is 30.3 Å². The Morgan fingerprint density at radius 2 is 2.16 bits per heavy atom. The highest BCUT2D eigenvalue weighted by Crippen LogP contribution is 2.44. The van der Waals surface area contributed by atoms with E-state index in [1.54, 1.807) is 0 Å². The van der Waals surface area contributed by atoms with Gasteiger partial charge < -0.3 is 10.1 Å². The Bertz CT molecular complexity index is 459. The van der Waals surface area contributed by atoms with Crippen LogP contribution in [0.5, 0.6) is 0 Å². The SMILES string of the molecule is CC1CC2(CCO1)CC(=O)NC2Cc1ccccc1. The fourth-order valence-corrected chi connectivity index (χ4v) is 3.63. The van der Waals surface area contributed by atoms with Crippen LogP contribution in [0.25, 0.3) is 0 Å². The third-order valence-corrected chi connectivity index (χ3v) is 4.57. The van der Waals surface area contributed by atoms with Gasteiger partial charge in [0, 0.05) is 24.5 Å². The Morgan fingerprint density at radius 3 is 2.89 bits per heavy atom. The molecule has 3 rings (SSSR count). The molecule has 1 spiro atoms. The second-order valence-electron chi connectivity index (χ2n) is 5.98. The van der Waals surface area contributed by atoms with E-state index in [-0.39, 0.29) is 23.5 Å².